The molecule has 0 unspecified atom stereocenters. The molecule has 3 saturated heterocycles. The number of aliphatic hydroxyl groups is 1. The molecule has 688 valence electrons. The van der Waals surface area contributed by atoms with E-state index in [1.54, 1.807) is 72.9 Å². The van der Waals surface area contributed by atoms with E-state index in [-0.39, 0.29) is 43.3 Å². The number of hydrogen-bond donors (Lipinski definition) is 8. The van der Waals surface area contributed by atoms with Crippen LogP contribution in [0.25, 0.3) is 43.1 Å². The van der Waals surface area contributed by atoms with E-state index in [9.17, 15) is 94.1 Å². The van der Waals surface area contributed by atoms with Crippen molar-refractivity contribution in [1.29, 1.82) is 0 Å². The van der Waals surface area contributed by atoms with E-state index in [0.717, 1.165) is 75.1 Å². The zero-order valence-corrected chi connectivity index (χ0v) is 73.1. The molecule has 3 aromatic heterocycles. The van der Waals surface area contributed by atoms with E-state index in [2.05, 4.69) is 36.2 Å². The van der Waals surface area contributed by atoms with Crippen LogP contribution in [0.3, 0.4) is 0 Å². The fourth-order valence-electron chi connectivity index (χ4n) is 15.8. The second-order valence-electron chi connectivity index (χ2n) is 33.7. The van der Waals surface area contributed by atoms with E-state index in [1.165, 1.54) is 55.0 Å². The van der Waals surface area contributed by atoms with Gasteiger partial charge in [-0.3, -0.25) is 33.8 Å². The number of carbonyl (C=O) groups is 12. The Morgan fingerprint density at radius 1 is 0.417 bits per heavy atom. The lowest BCUT2D eigenvalue weighted by molar-refractivity contribution is -0.167. The highest BCUT2D eigenvalue weighted by Gasteiger charge is 2.56. The number of urea groups is 3. The number of amides is 14. The minimum Gasteiger partial charge on any atom is -0.480 e. The third kappa shape index (κ3) is 22.8. The fourth-order valence-corrected chi connectivity index (χ4v) is 15.8. The van der Waals surface area contributed by atoms with Gasteiger partial charge in [0.1, 0.15) is 35.3 Å². The Kier molecular flexibility index (Phi) is 29.4. The highest BCUT2D eigenvalue weighted by molar-refractivity contribution is 6.10. The minimum absolute atomic E-state index is 0.0268. The molecule has 132 heavy (non-hydrogen) atoms. The van der Waals surface area contributed by atoms with Crippen molar-refractivity contribution < 1.29 is 108 Å². The summed E-state index contributed by atoms with van der Waals surface area (Å²) >= 11 is 0. The van der Waals surface area contributed by atoms with Crippen LogP contribution in [0.5, 0.6) is 0 Å². The average Bonchev–Trinajstić information content (AvgIpc) is 0.736. The van der Waals surface area contributed by atoms with Crippen molar-refractivity contribution in [2.45, 2.75) is 154 Å². The number of alkyl halides is 6. The van der Waals surface area contributed by atoms with Gasteiger partial charge in [-0.2, -0.15) is 31.2 Å². The molecule has 0 aliphatic carbocycles. The number of rotatable bonds is 21. The predicted molar refractivity (Wildman–Crippen MR) is 475 cm³/mol. The second-order valence-corrected chi connectivity index (χ2v) is 33.7. The lowest BCUT2D eigenvalue weighted by atomic mass is 9.82. The predicted octanol–water partition coefficient (Wildman–Crippen LogP) is 16.6. The van der Waals surface area contributed by atoms with Crippen molar-refractivity contribution in [3.8, 4) is 0 Å². The number of aromatic nitrogens is 3. The fraction of sp³-hybridized carbons (Fsp3) is 0.302. The average molecular weight is 1820 g/mol. The first kappa shape index (κ1) is 96.1. The summed E-state index contributed by atoms with van der Waals surface area (Å²) in [4.78, 5) is 168. The lowest BCUT2D eigenvalue weighted by Gasteiger charge is -2.45. The number of β-lactam (4-membered cyclic amide) rings is 3. The van der Waals surface area contributed by atoms with Crippen molar-refractivity contribution in [1.82, 2.24) is 50.9 Å². The van der Waals surface area contributed by atoms with E-state index in [1.807, 2.05) is 177 Å². The maximum atomic E-state index is 13.6. The normalized spacial score (nSPS) is 17.5. The molecule has 30 nitrogen and oxygen atoms in total. The number of alkyl carbamates (subject to hydrolysis) is 1. The number of halogens is 6. The number of aliphatic carboxylic acids is 1. The van der Waals surface area contributed by atoms with Gasteiger partial charge in [-0.1, -0.05) is 170 Å². The topological polar surface area (TPSA) is 397 Å². The number of benzene rings is 8. The number of anilines is 3. The Balaban J connectivity index is 0.000000181. The third-order valence-corrected chi connectivity index (χ3v) is 22.1. The summed E-state index contributed by atoms with van der Waals surface area (Å²) in [6.45, 7) is 16.2. The van der Waals surface area contributed by atoms with Gasteiger partial charge < -0.3 is 56.3 Å². The highest BCUT2D eigenvalue weighted by Crippen LogP contribution is 2.38. The van der Waals surface area contributed by atoms with E-state index < -0.39 is 162 Å². The van der Waals surface area contributed by atoms with Gasteiger partial charge in [-0.25, -0.2) is 53.4 Å². The number of ether oxygens (including phenoxy) is 3. The molecule has 36 heteroatoms. The molecule has 14 amide bonds. The van der Waals surface area contributed by atoms with E-state index in [0.29, 0.717) is 26.5 Å². The molecule has 3 aliphatic heterocycles. The summed E-state index contributed by atoms with van der Waals surface area (Å²) in [5.74, 6) is -11.0. The van der Waals surface area contributed by atoms with Crippen LogP contribution in [0, 0.1) is 17.8 Å². The van der Waals surface area contributed by atoms with Gasteiger partial charge in [0.25, 0.3) is 0 Å². The molecule has 14 rings (SSSR count). The highest BCUT2D eigenvalue weighted by atomic mass is 19.4. The number of pyridine rings is 3. The molecule has 8 N–H and O–H groups in total. The molecule has 0 bridgehead atoms. The number of carboxylic acid groups (broad SMARTS) is 1. The quantitative estimate of drug-likeness (QED) is 0.0188. The van der Waals surface area contributed by atoms with Gasteiger partial charge in [0.15, 0.2) is 6.04 Å². The SMILES string of the molecule is C[C@@H](NC(=O)N1C(=O)[C@H](Cc2ccnc(N(C(=O)OC(C)(C)C)C(=O)OC(C)(C)C)c2)[C@H]1C(=O)O)c1cccc2ccccc12.C[C@@H](NC(=O)N1C(=O)[C@H](Cc2ccnc(NC(=O)C(F)(F)F)c2)[C@H]1CO)c1cccc2ccccc12.C[C@@H](NC(=O)OC[C@@H]1[C@@H](Cc2ccnc(NC(=O)C(F)(F)F)c2)C(=O)N1C(=O)N[C@H](C)c1cccc2ccccc12)c1cccc2ccccc12. The van der Waals surface area contributed by atoms with Crippen molar-refractivity contribution in [2.24, 2.45) is 17.8 Å². The molecule has 3 fully saturated rings. The van der Waals surface area contributed by atoms with Gasteiger partial charge in [-0.05, 0) is 207 Å². The summed E-state index contributed by atoms with van der Waals surface area (Å²) in [5.41, 5.74) is 2.74. The number of nitrogens with zero attached hydrogens (tertiary/aromatic N) is 7. The van der Waals surface area contributed by atoms with Gasteiger partial charge >= 0.3 is 66.5 Å². The number of imide groups is 4. The summed E-state index contributed by atoms with van der Waals surface area (Å²) < 4.78 is 92.4. The van der Waals surface area contributed by atoms with Crippen LogP contribution in [0.15, 0.2) is 225 Å². The van der Waals surface area contributed by atoms with Crippen molar-refractivity contribution in [2.75, 3.05) is 28.7 Å². The molecule has 10 atom stereocenters. The van der Waals surface area contributed by atoms with Crippen LogP contribution >= 0.6 is 0 Å². The summed E-state index contributed by atoms with van der Waals surface area (Å²) in [5, 5.41) is 42.2. The number of nitrogens with one attached hydrogen (secondary N) is 6. The summed E-state index contributed by atoms with van der Waals surface area (Å²) in [6.07, 6.45) is -9.34. The Hall–Kier alpha value is -15.0. The van der Waals surface area contributed by atoms with Crippen LogP contribution in [0.4, 0.5) is 72.6 Å². The zero-order chi connectivity index (χ0) is 95.6. The maximum absolute atomic E-state index is 13.6. The van der Waals surface area contributed by atoms with Crippen LogP contribution in [-0.2, 0) is 62.2 Å². The van der Waals surface area contributed by atoms with Crippen LogP contribution in [-0.4, -0.2) is 167 Å². The van der Waals surface area contributed by atoms with Crippen molar-refractivity contribution >= 4 is 132 Å². The molecule has 3 aliphatic rings. The van der Waals surface area contributed by atoms with E-state index >= 15 is 0 Å². The number of hydrogen-bond acceptors (Lipinski definition) is 19. The van der Waals surface area contributed by atoms with Gasteiger partial charge in [0, 0.05) is 18.6 Å². The molecule has 11 aromatic rings. The molecular formula is C96H95F6N13O17. The van der Waals surface area contributed by atoms with Crippen molar-refractivity contribution in [3.63, 3.8) is 0 Å². The van der Waals surface area contributed by atoms with Crippen LogP contribution in [0.2, 0.25) is 0 Å². The number of aliphatic hydroxyl groups excluding tert-OH is 1. The Labute approximate surface area is 752 Å². The molecule has 0 spiro atoms. The molecular weight excluding hydrogens is 1720 g/mol. The van der Waals surface area contributed by atoms with Gasteiger partial charge in [0.05, 0.1) is 60.6 Å². The van der Waals surface area contributed by atoms with Crippen LogP contribution < -0.4 is 36.8 Å². The number of fused-ring (bicyclic) bond motifs is 4. The lowest BCUT2D eigenvalue weighted by Crippen LogP contribution is -2.68. The summed E-state index contributed by atoms with van der Waals surface area (Å²) in [6, 6.07) is 54.8. The summed E-state index contributed by atoms with van der Waals surface area (Å²) in [7, 11) is 0. The van der Waals surface area contributed by atoms with E-state index in [4.69, 9.17) is 14.2 Å². The molecule has 6 heterocycles. The molecule has 0 radical (unpaired) electrons. The Bertz CT molecular complexity index is 6200. The minimum atomic E-state index is -5.12. The Morgan fingerprint density at radius 2 is 0.735 bits per heavy atom. The number of carboxylic acids is 1. The van der Waals surface area contributed by atoms with Crippen molar-refractivity contribution in [3.05, 3.63) is 264 Å². The van der Waals surface area contributed by atoms with Gasteiger partial charge in [-0.15, -0.1) is 0 Å². The second kappa shape index (κ2) is 40.4. The first-order valence-electron chi connectivity index (χ1n) is 41.9. The zero-order valence-electron chi connectivity index (χ0n) is 73.1. The third-order valence-electron chi connectivity index (χ3n) is 22.1. The smallest absolute Gasteiger partial charge is 0.471 e. The van der Waals surface area contributed by atoms with Gasteiger partial charge in [0.2, 0.25) is 17.7 Å². The number of carbonyl (C=O) groups excluding carboxylic acids is 11. The first-order chi connectivity index (χ1) is 62.5. The largest absolute Gasteiger partial charge is 0.480 e. The molecule has 8 aromatic carbocycles. The molecule has 0 saturated carbocycles. The monoisotopic (exact) mass is 1820 g/mol. The standard InChI is InChI=1S/C38H34F3N5O5.C33H38N4O8.C25H23F3N4O4/c1-22(27-15-7-11-25-9-3-5-13-29(25)27)43-36(49)46-32(21-51-37(50)44-23(2)28-16-8-12-26-10-4-6-14-30(26)28)31(34(46)47)19-24-17-18-42-33(20-24)45-35(48)38(39,40)41;1-19(22-14-10-12-21-11-8-9-13-23(21)22)35-29(41)37-26(28(39)40)24(27(37)38)17-20-15-16-34-25(18-20)36(30(42)44-32(2,3)4)31(43)45-33(5,6)7;1-14(17-8-4-6-16-5-2-3-7-18(16)17)30-24(36)32-20(13-33)19(22(32)34)11-15-9-10-29-21(12-15)31-23(35)25(26,27)28/h3-18,20,22-23,31-32H,19,21H2,1-2H3,(H,43,49)(H,44,50)(H,42,45,48);8-16,18-19,24,26H,17H2,1-7H3,(H,35,41)(H,39,40);2-10,12,14,19-20,33H,11,13H2,1H3,(H,30,36)(H,29,31,35)/t22-,23-,31-,32-;19-,24-,26+;14-,19-,20-/m111/s1. The first-order valence-corrected chi connectivity index (χ1v) is 41.9. The number of likely N-dealkylation sites (tertiary alicyclic amines) is 3. The Morgan fingerprint density at radius 3 is 1.10 bits per heavy atom. The van der Waals surface area contributed by atoms with Crippen LogP contribution in [0.1, 0.15) is 132 Å². The maximum Gasteiger partial charge on any atom is 0.471 e.